The van der Waals surface area contributed by atoms with Gasteiger partial charge in [0.05, 0.1) is 17.5 Å². The summed E-state index contributed by atoms with van der Waals surface area (Å²) in [7, 11) is -3.08. The molecule has 2 atom stereocenters. The minimum absolute atomic E-state index is 0.0782. The monoisotopic (exact) mass is 464 g/mol. The zero-order chi connectivity index (χ0) is 19.2. The van der Waals surface area contributed by atoms with Crippen LogP contribution in [0.25, 0.3) is 0 Å². The number of halogens is 1. The Labute approximate surface area is 170 Å². The van der Waals surface area contributed by atoms with E-state index in [0.29, 0.717) is 10.7 Å². The number of aliphatic imine (C=N–C) groups is 1. The molecule has 2 heterocycles. The van der Waals surface area contributed by atoms with Gasteiger partial charge in [-0.3, -0.25) is 4.79 Å². The number of anilines is 1. The number of rotatable bonds is 2. The lowest BCUT2D eigenvalue weighted by atomic mass is 10.1. The maximum absolute atomic E-state index is 12.7. The van der Waals surface area contributed by atoms with Gasteiger partial charge < -0.3 is 4.90 Å². The number of hydrogen-bond donors (Lipinski definition) is 0. The Hall–Kier alpha value is -1.64. The van der Waals surface area contributed by atoms with Crippen LogP contribution >= 0.6 is 27.7 Å². The Morgan fingerprint density at radius 2 is 1.96 bits per heavy atom. The molecular formula is C19H17BrN2O3S2. The normalized spacial score (nSPS) is 25.0. The number of sulfone groups is 1. The van der Waals surface area contributed by atoms with Crippen LogP contribution in [-0.4, -0.2) is 42.3 Å². The molecule has 0 radical (unpaired) electrons. The van der Waals surface area contributed by atoms with Gasteiger partial charge in [-0.25, -0.2) is 8.42 Å². The Morgan fingerprint density at radius 3 is 2.70 bits per heavy atom. The predicted molar refractivity (Wildman–Crippen MR) is 113 cm³/mol. The standard InChI is InChI=1S/C19H17BrN2O3S2/c1-12-4-2-5-13(8-12)18(23)21-19-22(15-7-3-6-14(20)9-15)16-10-27(24,25)11-17(16)26-19/h2-9,16-17H,10-11H2,1H3/t16-,17+/m0/s1. The molecule has 0 bridgehead atoms. The van der Waals surface area contributed by atoms with E-state index in [1.807, 2.05) is 48.2 Å². The summed E-state index contributed by atoms with van der Waals surface area (Å²) in [6.45, 7) is 1.93. The third-order valence-corrected chi connectivity index (χ3v) is 8.32. The van der Waals surface area contributed by atoms with Gasteiger partial charge in [0.1, 0.15) is 0 Å². The van der Waals surface area contributed by atoms with Gasteiger partial charge >= 0.3 is 0 Å². The van der Waals surface area contributed by atoms with Crippen LogP contribution in [0.4, 0.5) is 5.69 Å². The molecule has 27 heavy (non-hydrogen) atoms. The average molecular weight is 465 g/mol. The summed E-state index contributed by atoms with van der Waals surface area (Å²) in [5, 5.41) is 0.447. The lowest BCUT2D eigenvalue weighted by Crippen LogP contribution is -2.37. The largest absolute Gasteiger partial charge is 0.316 e. The highest BCUT2D eigenvalue weighted by atomic mass is 79.9. The van der Waals surface area contributed by atoms with Crippen molar-refractivity contribution in [2.45, 2.75) is 18.2 Å². The zero-order valence-electron chi connectivity index (χ0n) is 14.5. The second-order valence-electron chi connectivity index (χ2n) is 6.72. The minimum atomic E-state index is -3.08. The molecule has 1 amide bonds. The number of benzene rings is 2. The van der Waals surface area contributed by atoms with E-state index in [1.165, 1.54) is 11.8 Å². The van der Waals surface area contributed by atoms with Crippen molar-refractivity contribution in [1.29, 1.82) is 0 Å². The number of fused-ring (bicyclic) bond motifs is 1. The molecule has 0 aromatic heterocycles. The van der Waals surface area contributed by atoms with Gasteiger partial charge in [0.15, 0.2) is 15.0 Å². The van der Waals surface area contributed by atoms with Gasteiger partial charge in [-0.05, 0) is 37.3 Å². The first-order valence-electron chi connectivity index (χ1n) is 8.44. The molecule has 0 unspecified atom stereocenters. The average Bonchev–Trinajstić information content (AvgIpc) is 3.05. The van der Waals surface area contributed by atoms with E-state index in [4.69, 9.17) is 0 Å². The number of amides is 1. The van der Waals surface area contributed by atoms with E-state index in [9.17, 15) is 13.2 Å². The number of carbonyl (C=O) groups is 1. The SMILES string of the molecule is Cc1cccc(C(=O)N=C2S[C@@H]3CS(=O)(=O)C[C@@H]3N2c2cccc(Br)c2)c1. The number of thioether (sulfide) groups is 1. The number of nitrogens with zero attached hydrogens (tertiary/aromatic N) is 2. The molecule has 2 fully saturated rings. The number of carbonyl (C=O) groups excluding carboxylic acids is 1. The van der Waals surface area contributed by atoms with Gasteiger partial charge in [0.25, 0.3) is 5.91 Å². The van der Waals surface area contributed by atoms with Gasteiger partial charge in [-0.2, -0.15) is 4.99 Å². The molecule has 2 saturated heterocycles. The Bertz CT molecular complexity index is 1050. The molecule has 2 aromatic carbocycles. The molecule has 0 N–H and O–H groups in total. The van der Waals surface area contributed by atoms with E-state index in [1.54, 1.807) is 12.1 Å². The molecule has 0 aliphatic carbocycles. The van der Waals surface area contributed by atoms with Crippen molar-refractivity contribution < 1.29 is 13.2 Å². The number of hydrogen-bond acceptors (Lipinski definition) is 4. The Kier molecular flexibility index (Phi) is 4.90. The smallest absolute Gasteiger partial charge is 0.279 e. The fourth-order valence-corrected chi connectivity index (χ4v) is 7.72. The fraction of sp³-hybridized carbons (Fsp3) is 0.263. The maximum Gasteiger partial charge on any atom is 0.279 e. The van der Waals surface area contributed by atoms with Crippen LogP contribution in [0, 0.1) is 6.92 Å². The first-order valence-corrected chi connectivity index (χ1v) is 11.9. The Balaban J connectivity index is 1.74. The molecular weight excluding hydrogens is 448 g/mol. The van der Waals surface area contributed by atoms with Gasteiger partial charge in [0, 0.05) is 21.0 Å². The summed E-state index contributed by atoms with van der Waals surface area (Å²) in [6.07, 6.45) is 0. The Morgan fingerprint density at radius 1 is 1.19 bits per heavy atom. The van der Waals surface area contributed by atoms with Crippen LogP contribution in [0.15, 0.2) is 58.0 Å². The van der Waals surface area contributed by atoms with E-state index in [-0.39, 0.29) is 28.7 Å². The summed E-state index contributed by atoms with van der Waals surface area (Å²) in [5.41, 5.74) is 2.35. The summed E-state index contributed by atoms with van der Waals surface area (Å²) in [6, 6.07) is 14.7. The highest BCUT2D eigenvalue weighted by molar-refractivity contribution is 9.10. The van der Waals surface area contributed by atoms with Crippen molar-refractivity contribution >= 4 is 54.3 Å². The molecule has 8 heteroatoms. The lowest BCUT2D eigenvalue weighted by molar-refractivity contribution is 0.100. The zero-order valence-corrected chi connectivity index (χ0v) is 17.7. The van der Waals surface area contributed by atoms with Crippen LogP contribution in [-0.2, 0) is 9.84 Å². The molecule has 2 aliphatic rings. The van der Waals surface area contributed by atoms with Crippen molar-refractivity contribution in [3.8, 4) is 0 Å². The number of amidine groups is 1. The summed E-state index contributed by atoms with van der Waals surface area (Å²) in [5.74, 6) is -0.122. The quantitative estimate of drug-likeness (QED) is 0.677. The van der Waals surface area contributed by atoms with Gasteiger partial charge in [-0.1, -0.05) is 51.5 Å². The number of aryl methyl sites for hydroxylation is 1. The molecule has 4 rings (SSSR count). The molecule has 2 aromatic rings. The van der Waals surface area contributed by atoms with Crippen LogP contribution in [0.5, 0.6) is 0 Å². The second-order valence-corrected chi connectivity index (χ2v) is 11.0. The van der Waals surface area contributed by atoms with E-state index in [2.05, 4.69) is 20.9 Å². The van der Waals surface area contributed by atoms with Crippen molar-refractivity contribution in [2.24, 2.45) is 4.99 Å². The highest BCUT2D eigenvalue weighted by Gasteiger charge is 2.49. The molecule has 5 nitrogen and oxygen atoms in total. The van der Waals surface area contributed by atoms with Crippen molar-refractivity contribution in [2.75, 3.05) is 16.4 Å². The van der Waals surface area contributed by atoms with Crippen molar-refractivity contribution in [3.63, 3.8) is 0 Å². The third kappa shape index (κ3) is 3.83. The molecule has 140 valence electrons. The maximum atomic E-state index is 12.7. The highest BCUT2D eigenvalue weighted by Crippen LogP contribution is 2.41. The summed E-state index contributed by atoms with van der Waals surface area (Å²) >= 11 is 4.84. The van der Waals surface area contributed by atoms with Crippen LogP contribution in [0.1, 0.15) is 15.9 Å². The van der Waals surface area contributed by atoms with E-state index >= 15 is 0 Å². The second kappa shape index (κ2) is 7.07. The van der Waals surface area contributed by atoms with E-state index in [0.717, 1.165) is 15.7 Å². The van der Waals surface area contributed by atoms with Crippen LogP contribution < -0.4 is 4.90 Å². The van der Waals surface area contributed by atoms with Gasteiger partial charge in [0.2, 0.25) is 0 Å². The van der Waals surface area contributed by atoms with E-state index < -0.39 is 9.84 Å². The fourth-order valence-electron chi connectivity index (χ4n) is 3.42. The third-order valence-electron chi connectivity index (χ3n) is 4.62. The first kappa shape index (κ1) is 18.7. The lowest BCUT2D eigenvalue weighted by Gasteiger charge is -2.24. The van der Waals surface area contributed by atoms with Crippen LogP contribution in [0.3, 0.4) is 0 Å². The van der Waals surface area contributed by atoms with Gasteiger partial charge in [-0.15, -0.1) is 0 Å². The predicted octanol–water partition coefficient (Wildman–Crippen LogP) is 3.67. The molecule has 0 spiro atoms. The summed E-state index contributed by atoms with van der Waals surface area (Å²) in [4.78, 5) is 19.0. The van der Waals surface area contributed by atoms with Crippen LogP contribution in [0.2, 0.25) is 0 Å². The van der Waals surface area contributed by atoms with Crippen molar-refractivity contribution in [1.82, 2.24) is 0 Å². The molecule has 2 aliphatic heterocycles. The first-order chi connectivity index (χ1) is 12.8. The molecule has 0 saturated carbocycles. The van der Waals surface area contributed by atoms with Crippen molar-refractivity contribution in [3.05, 3.63) is 64.1 Å². The topological polar surface area (TPSA) is 66.8 Å². The summed E-state index contributed by atoms with van der Waals surface area (Å²) < 4.78 is 25.1. The minimum Gasteiger partial charge on any atom is -0.316 e.